The third kappa shape index (κ3) is 5.91. The topological polar surface area (TPSA) is 75.4 Å². The minimum atomic E-state index is -4.46. The molecule has 0 aliphatic carbocycles. The van der Waals surface area contributed by atoms with Crippen molar-refractivity contribution in [3.05, 3.63) is 0 Å². The average Bonchev–Trinajstić information content (AvgIpc) is 2.33. The lowest BCUT2D eigenvalue weighted by molar-refractivity contribution is -0.145. The van der Waals surface area contributed by atoms with E-state index in [-0.39, 0.29) is 12.5 Å². The van der Waals surface area contributed by atoms with E-state index in [0.717, 1.165) is 4.90 Å². The van der Waals surface area contributed by atoms with Crippen LogP contribution in [0.25, 0.3) is 0 Å². The van der Waals surface area contributed by atoms with Crippen molar-refractivity contribution in [2.24, 2.45) is 11.1 Å². The van der Waals surface area contributed by atoms with Gasteiger partial charge in [0.1, 0.15) is 6.54 Å². The molecule has 0 radical (unpaired) electrons. The van der Waals surface area contributed by atoms with Crippen molar-refractivity contribution in [1.29, 1.82) is 0 Å². The Labute approximate surface area is 110 Å². The molecule has 0 aliphatic rings. The maximum absolute atomic E-state index is 12.0. The van der Waals surface area contributed by atoms with Gasteiger partial charge in [0.15, 0.2) is 0 Å². The fourth-order valence-electron chi connectivity index (χ4n) is 1.39. The molecule has 0 aromatic heterocycles. The minimum absolute atomic E-state index is 0.108. The Morgan fingerprint density at radius 2 is 1.84 bits per heavy atom. The standard InChI is InChI=1S/C11H20F3N3O2/c1-4-10(2,6-15)9(19)17(3)5-8(18)16-7-11(12,13)14/h4-7,15H2,1-3H3,(H,16,18). The molecule has 112 valence electrons. The number of alkyl halides is 3. The van der Waals surface area contributed by atoms with E-state index >= 15 is 0 Å². The van der Waals surface area contributed by atoms with Gasteiger partial charge in [0.05, 0.1) is 12.0 Å². The third-order valence-corrected chi connectivity index (χ3v) is 2.96. The first-order valence-electron chi connectivity index (χ1n) is 5.85. The van der Waals surface area contributed by atoms with Crippen LogP contribution in [0.4, 0.5) is 13.2 Å². The van der Waals surface area contributed by atoms with Crippen molar-refractivity contribution in [2.75, 3.05) is 26.7 Å². The second-order valence-electron chi connectivity index (χ2n) is 4.67. The van der Waals surface area contributed by atoms with Crippen molar-refractivity contribution < 1.29 is 22.8 Å². The molecule has 19 heavy (non-hydrogen) atoms. The summed E-state index contributed by atoms with van der Waals surface area (Å²) in [5.41, 5.74) is 4.70. The number of carbonyl (C=O) groups excluding carboxylic acids is 2. The first kappa shape index (κ1) is 17.7. The van der Waals surface area contributed by atoms with Crippen LogP contribution in [0.1, 0.15) is 20.3 Å². The number of hydrogen-bond donors (Lipinski definition) is 2. The number of nitrogens with zero attached hydrogens (tertiary/aromatic N) is 1. The van der Waals surface area contributed by atoms with Gasteiger partial charge in [-0.15, -0.1) is 0 Å². The van der Waals surface area contributed by atoms with Gasteiger partial charge < -0.3 is 16.0 Å². The molecule has 5 nitrogen and oxygen atoms in total. The van der Waals surface area contributed by atoms with Gasteiger partial charge in [0.2, 0.25) is 11.8 Å². The molecule has 0 bridgehead atoms. The van der Waals surface area contributed by atoms with Gasteiger partial charge in [-0.2, -0.15) is 13.2 Å². The molecule has 0 aromatic rings. The van der Waals surface area contributed by atoms with Crippen molar-refractivity contribution in [3.8, 4) is 0 Å². The highest BCUT2D eigenvalue weighted by molar-refractivity contribution is 5.87. The Bertz CT molecular complexity index is 328. The fraction of sp³-hybridized carbons (Fsp3) is 0.818. The summed E-state index contributed by atoms with van der Waals surface area (Å²) in [7, 11) is 1.36. The van der Waals surface area contributed by atoms with Crippen LogP contribution in [-0.2, 0) is 9.59 Å². The number of likely N-dealkylation sites (N-methyl/N-ethyl adjacent to an activating group) is 1. The first-order valence-corrected chi connectivity index (χ1v) is 5.85. The molecule has 1 atom stereocenters. The van der Waals surface area contributed by atoms with Crippen LogP contribution < -0.4 is 11.1 Å². The summed E-state index contributed by atoms with van der Waals surface area (Å²) in [6.45, 7) is 1.71. The number of nitrogens with one attached hydrogen (secondary N) is 1. The Kier molecular flexibility index (Phi) is 6.28. The first-order chi connectivity index (χ1) is 8.55. The molecule has 0 spiro atoms. The highest BCUT2D eigenvalue weighted by atomic mass is 19.4. The van der Waals surface area contributed by atoms with Crippen molar-refractivity contribution in [2.45, 2.75) is 26.4 Å². The molecule has 0 rings (SSSR count). The van der Waals surface area contributed by atoms with Crippen LogP contribution in [0.2, 0.25) is 0 Å². The molecule has 0 fully saturated rings. The summed E-state index contributed by atoms with van der Waals surface area (Å²) in [6.07, 6.45) is -3.98. The van der Waals surface area contributed by atoms with E-state index in [1.807, 2.05) is 0 Å². The van der Waals surface area contributed by atoms with Gasteiger partial charge in [-0.25, -0.2) is 0 Å². The van der Waals surface area contributed by atoms with Gasteiger partial charge in [-0.3, -0.25) is 9.59 Å². The van der Waals surface area contributed by atoms with Gasteiger partial charge in [-0.05, 0) is 13.3 Å². The molecule has 3 N–H and O–H groups in total. The molecule has 8 heteroatoms. The average molecular weight is 283 g/mol. The summed E-state index contributed by atoms with van der Waals surface area (Å²) in [5, 5.41) is 1.71. The second kappa shape index (κ2) is 6.74. The molecule has 0 aliphatic heterocycles. The summed E-state index contributed by atoms with van der Waals surface area (Å²) < 4.78 is 35.7. The molecule has 0 saturated carbocycles. The molecular formula is C11H20F3N3O2. The summed E-state index contributed by atoms with van der Waals surface area (Å²) in [4.78, 5) is 24.4. The highest BCUT2D eigenvalue weighted by Crippen LogP contribution is 2.21. The van der Waals surface area contributed by atoms with E-state index < -0.39 is 30.6 Å². The number of nitrogens with two attached hydrogens (primary N) is 1. The molecule has 0 heterocycles. The zero-order chi connectivity index (χ0) is 15.3. The third-order valence-electron chi connectivity index (χ3n) is 2.96. The lowest BCUT2D eigenvalue weighted by Gasteiger charge is -2.30. The predicted molar refractivity (Wildman–Crippen MR) is 64.2 cm³/mol. The Morgan fingerprint density at radius 1 is 1.32 bits per heavy atom. The maximum atomic E-state index is 12.0. The summed E-state index contributed by atoms with van der Waals surface area (Å²) in [5.74, 6) is -1.22. The largest absolute Gasteiger partial charge is 0.405 e. The summed E-state index contributed by atoms with van der Waals surface area (Å²) in [6, 6.07) is 0. The normalized spacial score (nSPS) is 14.7. The quantitative estimate of drug-likeness (QED) is 0.745. The van der Waals surface area contributed by atoms with Gasteiger partial charge in [-0.1, -0.05) is 6.92 Å². The van der Waals surface area contributed by atoms with Gasteiger partial charge in [0.25, 0.3) is 0 Å². The van der Waals surface area contributed by atoms with Crippen LogP contribution in [0.15, 0.2) is 0 Å². The van der Waals surface area contributed by atoms with Crippen LogP contribution >= 0.6 is 0 Å². The molecule has 0 saturated heterocycles. The summed E-state index contributed by atoms with van der Waals surface area (Å²) >= 11 is 0. The molecule has 2 amide bonds. The lowest BCUT2D eigenvalue weighted by atomic mass is 9.86. The molecule has 1 unspecified atom stereocenters. The predicted octanol–water partition coefficient (Wildman–Crippen LogP) is 0.498. The maximum Gasteiger partial charge on any atom is 0.405 e. The van der Waals surface area contributed by atoms with Crippen molar-refractivity contribution in [3.63, 3.8) is 0 Å². The number of carbonyl (C=O) groups is 2. The van der Waals surface area contributed by atoms with Crippen molar-refractivity contribution in [1.82, 2.24) is 10.2 Å². The van der Waals surface area contributed by atoms with E-state index in [2.05, 4.69) is 0 Å². The second-order valence-corrected chi connectivity index (χ2v) is 4.67. The van der Waals surface area contributed by atoms with Gasteiger partial charge in [0, 0.05) is 13.6 Å². The Balaban J connectivity index is 4.41. The Morgan fingerprint density at radius 3 is 2.21 bits per heavy atom. The SMILES string of the molecule is CCC(C)(CN)C(=O)N(C)CC(=O)NCC(F)(F)F. The van der Waals surface area contributed by atoms with Crippen LogP contribution in [0.5, 0.6) is 0 Å². The number of hydrogen-bond acceptors (Lipinski definition) is 3. The zero-order valence-corrected chi connectivity index (χ0v) is 11.3. The van der Waals surface area contributed by atoms with Crippen LogP contribution in [-0.4, -0.2) is 49.6 Å². The minimum Gasteiger partial charge on any atom is -0.345 e. The Hall–Kier alpha value is -1.31. The fourth-order valence-corrected chi connectivity index (χ4v) is 1.39. The molecular weight excluding hydrogens is 263 g/mol. The van der Waals surface area contributed by atoms with Gasteiger partial charge >= 0.3 is 6.18 Å². The monoisotopic (exact) mass is 283 g/mol. The van der Waals surface area contributed by atoms with Crippen LogP contribution in [0.3, 0.4) is 0 Å². The number of amides is 2. The van der Waals surface area contributed by atoms with E-state index in [1.54, 1.807) is 19.2 Å². The highest BCUT2D eigenvalue weighted by Gasteiger charge is 2.33. The molecule has 0 aromatic carbocycles. The van der Waals surface area contributed by atoms with E-state index in [4.69, 9.17) is 5.73 Å². The van der Waals surface area contributed by atoms with Crippen molar-refractivity contribution >= 4 is 11.8 Å². The van der Waals surface area contributed by atoms with E-state index in [1.165, 1.54) is 7.05 Å². The number of halogens is 3. The van der Waals surface area contributed by atoms with Crippen LogP contribution in [0, 0.1) is 5.41 Å². The zero-order valence-electron chi connectivity index (χ0n) is 11.3. The lowest BCUT2D eigenvalue weighted by Crippen LogP contribution is -2.48. The number of rotatable bonds is 6. The van der Waals surface area contributed by atoms with E-state index in [9.17, 15) is 22.8 Å². The smallest absolute Gasteiger partial charge is 0.345 e. The van der Waals surface area contributed by atoms with E-state index in [0.29, 0.717) is 6.42 Å².